The second-order valence-corrected chi connectivity index (χ2v) is 4.65. The molecule has 0 unspecified atom stereocenters. The highest BCUT2D eigenvalue weighted by atomic mass is 16.3. The van der Waals surface area contributed by atoms with Gasteiger partial charge in [-0.05, 0) is 18.1 Å². The normalized spacial score (nSPS) is 16.2. The summed E-state index contributed by atoms with van der Waals surface area (Å²) in [5, 5.41) is 10.7. The van der Waals surface area contributed by atoms with E-state index in [2.05, 4.69) is 19.1 Å². The van der Waals surface area contributed by atoms with E-state index in [1.54, 1.807) is 0 Å². The highest BCUT2D eigenvalue weighted by Crippen LogP contribution is 2.35. The summed E-state index contributed by atoms with van der Waals surface area (Å²) in [4.78, 5) is 0. The SMILES string of the molecule is C[C@@H](c1ccccc1)[C@@](C)(O)c1ccccc1. The zero-order chi connectivity index (χ0) is 12.3. The van der Waals surface area contributed by atoms with Gasteiger partial charge in [-0.3, -0.25) is 0 Å². The average molecular weight is 226 g/mol. The van der Waals surface area contributed by atoms with Crippen molar-refractivity contribution in [2.75, 3.05) is 0 Å². The van der Waals surface area contributed by atoms with Crippen molar-refractivity contribution in [3.8, 4) is 0 Å². The van der Waals surface area contributed by atoms with Gasteiger partial charge in [0, 0.05) is 5.92 Å². The summed E-state index contributed by atoms with van der Waals surface area (Å²) in [5.41, 5.74) is 1.26. The van der Waals surface area contributed by atoms with Crippen LogP contribution in [0.2, 0.25) is 0 Å². The lowest BCUT2D eigenvalue weighted by Gasteiger charge is -2.31. The summed E-state index contributed by atoms with van der Waals surface area (Å²) in [7, 11) is 0. The largest absolute Gasteiger partial charge is 0.385 e. The van der Waals surface area contributed by atoms with Gasteiger partial charge in [0.05, 0.1) is 5.60 Å². The van der Waals surface area contributed by atoms with Crippen molar-refractivity contribution in [1.82, 2.24) is 0 Å². The van der Waals surface area contributed by atoms with E-state index in [9.17, 15) is 5.11 Å². The molecule has 0 radical (unpaired) electrons. The molecule has 0 spiro atoms. The van der Waals surface area contributed by atoms with E-state index in [4.69, 9.17) is 0 Å². The summed E-state index contributed by atoms with van der Waals surface area (Å²) in [6.45, 7) is 3.93. The van der Waals surface area contributed by atoms with E-state index in [0.717, 1.165) is 11.1 Å². The summed E-state index contributed by atoms with van der Waals surface area (Å²) in [6.07, 6.45) is 0. The van der Waals surface area contributed by atoms with Gasteiger partial charge in [-0.25, -0.2) is 0 Å². The monoisotopic (exact) mass is 226 g/mol. The molecule has 0 bridgehead atoms. The molecule has 1 nitrogen and oxygen atoms in total. The molecule has 2 aromatic rings. The summed E-state index contributed by atoms with van der Waals surface area (Å²) >= 11 is 0. The number of benzene rings is 2. The molecule has 0 amide bonds. The van der Waals surface area contributed by atoms with Gasteiger partial charge in [0.15, 0.2) is 0 Å². The quantitative estimate of drug-likeness (QED) is 0.846. The van der Waals surface area contributed by atoms with E-state index >= 15 is 0 Å². The molecule has 1 N–H and O–H groups in total. The van der Waals surface area contributed by atoms with E-state index in [1.807, 2.05) is 55.5 Å². The number of aliphatic hydroxyl groups is 1. The fourth-order valence-corrected chi connectivity index (χ4v) is 2.09. The third-order valence-electron chi connectivity index (χ3n) is 3.50. The summed E-state index contributed by atoms with van der Waals surface area (Å²) < 4.78 is 0. The molecule has 17 heavy (non-hydrogen) atoms. The van der Waals surface area contributed by atoms with Gasteiger partial charge in [-0.15, -0.1) is 0 Å². The third-order valence-corrected chi connectivity index (χ3v) is 3.50. The Hall–Kier alpha value is -1.60. The van der Waals surface area contributed by atoms with Gasteiger partial charge in [0.25, 0.3) is 0 Å². The summed E-state index contributed by atoms with van der Waals surface area (Å²) in [6, 6.07) is 20.0. The first-order valence-electron chi connectivity index (χ1n) is 5.95. The molecular formula is C16H18O. The van der Waals surface area contributed by atoms with Crippen molar-refractivity contribution in [2.45, 2.75) is 25.4 Å². The summed E-state index contributed by atoms with van der Waals surface area (Å²) in [5.74, 6) is 0.0612. The Morgan fingerprint density at radius 2 is 1.35 bits per heavy atom. The van der Waals surface area contributed by atoms with Gasteiger partial charge in [0.1, 0.15) is 0 Å². The zero-order valence-corrected chi connectivity index (χ0v) is 10.3. The number of hydrogen-bond donors (Lipinski definition) is 1. The lowest BCUT2D eigenvalue weighted by molar-refractivity contribution is 0.0324. The lowest BCUT2D eigenvalue weighted by Crippen LogP contribution is -2.28. The van der Waals surface area contributed by atoms with Gasteiger partial charge >= 0.3 is 0 Å². The molecule has 2 rings (SSSR count). The standard InChI is InChI=1S/C16H18O/c1-13(14-9-5-3-6-10-14)16(2,17)15-11-7-4-8-12-15/h3-13,17H,1-2H3/t13-,16+/m0/s1. The highest BCUT2D eigenvalue weighted by molar-refractivity contribution is 5.29. The Balaban J connectivity index is 2.33. The van der Waals surface area contributed by atoms with Crippen molar-refractivity contribution < 1.29 is 5.11 Å². The van der Waals surface area contributed by atoms with Crippen LogP contribution in [0.25, 0.3) is 0 Å². The smallest absolute Gasteiger partial charge is 0.0934 e. The van der Waals surface area contributed by atoms with Crippen LogP contribution in [-0.2, 0) is 5.60 Å². The Morgan fingerprint density at radius 3 is 1.88 bits per heavy atom. The molecular weight excluding hydrogens is 208 g/mol. The molecule has 0 aliphatic rings. The van der Waals surface area contributed by atoms with Crippen LogP contribution in [-0.4, -0.2) is 5.11 Å². The Kier molecular flexibility index (Phi) is 3.30. The van der Waals surface area contributed by atoms with Crippen LogP contribution in [0.1, 0.15) is 30.9 Å². The first-order chi connectivity index (χ1) is 8.12. The van der Waals surface area contributed by atoms with Gasteiger partial charge in [0.2, 0.25) is 0 Å². The van der Waals surface area contributed by atoms with Crippen LogP contribution in [0.4, 0.5) is 0 Å². The van der Waals surface area contributed by atoms with E-state index in [1.165, 1.54) is 0 Å². The molecule has 1 heteroatoms. The van der Waals surface area contributed by atoms with Crippen LogP contribution < -0.4 is 0 Å². The predicted molar refractivity (Wildman–Crippen MR) is 70.9 cm³/mol. The molecule has 0 aromatic heterocycles. The van der Waals surface area contributed by atoms with Crippen molar-refractivity contribution in [3.63, 3.8) is 0 Å². The van der Waals surface area contributed by atoms with Gasteiger partial charge < -0.3 is 5.11 Å². The van der Waals surface area contributed by atoms with Crippen LogP contribution in [0.5, 0.6) is 0 Å². The topological polar surface area (TPSA) is 20.2 Å². The second kappa shape index (κ2) is 4.72. The molecule has 0 saturated heterocycles. The fourth-order valence-electron chi connectivity index (χ4n) is 2.09. The number of rotatable bonds is 3. The molecule has 0 heterocycles. The van der Waals surface area contributed by atoms with Crippen LogP contribution in [0.15, 0.2) is 60.7 Å². The van der Waals surface area contributed by atoms with Crippen LogP contribution in [0, 0.1) is 0 Å². The molecule has 0 aliphatic carbocycles. The molecule has 2 aromatic carbocycles. The van der Waals surface area contributed by atoms with Crippen molar-refractivity contribution in [2.24, 2.45) is 0 Å². The van der Waals surface area contributed by atoms with E-state index in [-0.39, 0.29) is 5.92 Å². The first kappa shape index (κ1) is 11.9. The fraction of sp³-hybridized carbons (Fsp3) is 0.250. The maximum absolute atomic E-state index is 10.7. The van der Waals surface area contributed by atoms with Gasteiger partial charge in [-0.1, -0.05) is 67.6 Å². The van der Waals surface area contributed by atoms with Crippen molar-refractivity contribution >= 4 is 0 Å². The van der Waals surface area contributed by atoms with E-state index < -0.39 is 5.60 Å². The molecule has 88 valence electrons. The minimum atomic E-state index is -0.845. The molecule has 2 atom stereocenters. The third kappa shape index (κ3) is 2.40. The first-order valence-corrected chi connectivity index (χ1v) is 5.95. The molecule has 0 saturated carbocycles. The Labute approximate surface area is 103 Å². The van der Waals surface area contributed by atoms with Crippen molar-refractivity contribution in [1.29, 1.82) is 0 Å². The van der Waals surface area contributed by atoms with Gasteiger partial charge in [-0.2, -0.15) is 0 Å². The number of hydrogen-bond acceptors (Lipinski definition) is 1. The maximum atomic E-state index is 10.7. The minimum absolute atomic E-state index is 0.0612. The van der Waals surface area contributed by atoms with Crippen molar-refractivity contribution in [3.05, 3.63) is 71.8 Å². The average Bonchev–Trinajstić information content (AvgIpc) is 2.40. The van der Waals surface area contributed by atoms with Crippen LogP contribution >= 0.6 is 0 Å². The zero-order valence-electron chi connectivity index (χ0n) is 10.3. The predicted octanol–water partition coefficient (Wildman–Crippen LogP) is 3.70. The highest BCUT2D eigenvalue weighted by Gasteiger charge is 2.30. The maximum Gasteiger partial charge on any atom is 0.0934 e. The molecule has 0 fully saturated rings. The Bertz CT molecular complexity index is 459. The molecule has 0 aliphatic heterocycles. The van der Waals surface area contributed by atoms with E-state index in [0.29, 0.717) is 0 Å². The lowest BCUT2D eigenvalue weighted by atomic mass is 9.80. The minimum Gasteiger partial charge on any atom is -0.385 e. The van der Waals surface area contributed by atoms with Crippen LogP contribution in [0.3, 0.4) is 0 Å². The second-order valence-electron chi connectivity index (χ2n) is 4.65. The Morgan fingerprint density at radius 1 is 0.882 bits per heavy atom.